The molecule has 8 heteroatoms. The van der Waals surface area contributed by atoms with E-state index in [4.69, 9.17) is 4.52 Å². The average Bonchev–Trinajstić information content (AvgIpc) is 3.29. The van der Waals surface area contributed by atoms with Gasteiger partial charge in [-0.3, -0.25) is 14.3 Å². The van der Waals surface area contributed by atoms with Gasteiger partial charge in [-0.1, -0.05) is 5.16 Å². The molecule has 150 valence electrons. The fourth-order valence-corrected chi connectivity index (χ4v) is 4.09. The van der Waals surface area contributed by atoms with Crippen LogP contribution in [0.4, 0.5) is 0 Å². The zero-order chi connectivity index (χ0) is 19.7. The van der Waals surface area contributed by atoms with Crippen LogP contribution in [0.1, 0.15) is 52.5 Å². The summed E-state index contributed by atoms with van der Waals surface area (Å²) in [6.45, 7) is 6.91. The van der Waals surface area contributed by atoms with Crippen LogP contribution in [0.25, 0.3) is 0 Å². The van der Waals surface area contributed by atoms with Crippen molar-refractivity contribution in [3.8, 4) is 0 Å². The van der Waals surface area contributed by atoms with Crippen molar-refractivity contribution in [2.24, 2.45) is 0 Å². The van der Waals surface area contributed by atoms with Crippen molar-refractivity contribution in [2.75, 3.05) is 26.2 Å². The molecule has 2 amide bonds. The molecule has 0 N–H and O–H groups in total. The fourth-order valence-electron chi connectivity index (χ4n) is 4.09. The molecule has 1 saturated heterocycles. The molecule has 8 nitrogen and oxygen atoms in total. The number of aryl methyl sites for hydroxylation is 4. The molecule has 2 aromatic rings. The molecule has 0 spiro atoms. The summed E-state index contributed by atoms with van der Waals surface area (Å²) in [6.07, 6.45) is 4.35. The van der Waals surface area contributed by atoms with Gasteiger partial charge in [-0.15, -0.1) is 0 Å². The second kappa shape index (κ2) is 7.77. The van der Waals surface area contributed by atoms with E-state index in [9.17, 15) is 9.59 Å². The number of hydrogen-bond donors (Lipinski definition) is 0. The molecular formula is C20H27N5O3. The lowest BCUT2D eigenvalue weighted by atomic mass is 10.1. The van der Waals surface area contributed by atoms with Gasteiger partial charge in [-0.05, 0) is 45.6 Å². The summed E-state index contributed by atoms with van der Waals surface area (Å²) in [5, 5.41) is 8.42. The monoisotopic (exact) mass is 385 g/mol. The second-order valence-corrected chi connectivity index (χ2v) is 7.68. The van der Waals surface area contributed by atoms with Crippen LogP contribution in [0.5, 0.6) is 0 Å². The normalized spacial score (nSPS) is 16.9. The molecule has 2 aliphatic rings. The highest BCUT2D eigenvalue weighted by Crippen LogP contribution is 2.18. The molecule has 0 bridgehead atoms. The number of carbonyl (C=O) groups is 2. The lowest BCUT2D eigenvalue weighted by Crippen LogP contribution is -2.50. The summed E-state index contributed by atoms with van der Waals surface area (Å²) in [6, 6.07) is 1.93. The quantitative estimate of drug-likeness (QED) is 0.800. The number of aromatic nitrogens is 3. The zero-order valence-corrected chi connectivity index (χ0v) is 16.6. The van der Waals surface area contributed by atoms with Gasteiger partial charge in [-0.2, -0.15) is 5.10 Å². The fraction of sp³-hybridized carbons (Fsp3) is 0.600. The molecular weight excluding hydrogens is 358 g/mol. The maximum atomic E-state index is 12.8. The van der Waals surface area contributed by atoms with Crippen molar-refractivity contribution >= 4 is 11.8 Å². The highest BCUT2D eigenvalue weighted by atomic mass is 16.5. The van der Waals surface area contributed by atoms with Crippen molar-refractivity contribution in [3.05, 3.63) is 34.5 Å². The summed E-state index contributed by atoms with van der Waals surface area (Å²) in [4.78, 5) is 29.0. The van der Waals surface area contributed by atoms with Crippen molar-refractivity contribution in [2.45, 2.75) is 52.5 Å². The molecule has 0 atom stereocenters. The van der Waals surface area contributed by atoms with Gasteiger partial charge >= 0.3 is 0 Å². The highest BCUT2D eigenvalue weighted by molar-refractivity contribution is 5.92. The number of rotatable bonds is 4. The van der Waals surface area contributed by atoms with Crippen LogP contribution in [0, 0.1) is 13.8 Å². The first-order chi connectivity index (χ1) is 13.5. The predicted molar refractivity (Wildman–Crippen MR) is 102 cm³/mol. The molecule has 0 radical (unpaired) electrons. The van der Waals surface area contributed by atoms with Gasteiger partial charge in [0.1, 0.15) is 5.76 Å². The molecule has 1 fully saturated rings. The summed E-state index contributed by atoms with van der Waals surface area (Å²) >= 11 is 0. The Morgan fingerprint density at radius 2 is 1.82 bits per heavy atom. The van der Waals surface area contributed by atoms with E-state index >= 15 is 0 Å². The average molecular weight is 385 g/mol. The number of piperazine rings is 1. The van der Waals surface area contributed by atoms with Gasteiger partial charge in [0.2, 0.25) is 5.91 Å². The van der Waals surface area contributed by atoms with Crippen LogP contribution in [0.2, 0.25) is 0 Å². The van der Waals surface area contributed by atoms with Crippen LogP contribution >= 0.6 is 0 Å². The Balaban J connectivity index is 1.29. The maximum Gasteiger partial charge on any atom is 0.274 e. The zero-order valence-electron chi connectivity index (χ0n) is 16.6. The summed E-state index contributed by atoms with van der Waals surface area (Å²) in [5.74, 6) is 0.873. The van der Waals surface area contributed by atoms with E-state index in [1.807, 2.05) is 34.4 Å². The van der Waals surface area contributed by atoms with E-state index in [1.165, 1.54) is 0 Å². The molecule has 4 heterocycles. The summed E-state index contributed by atoms with van der Waals surface area (Å²) < 4.78 is 7.12. The van der Waals surface area contributed by atoms with Crippen LogP contribution in [-0.4, -0.2) is 62.7 Å². The third kappa shape index (κ3) is 3.68. The van der Waals surface area contributed by atoms with Gasteiger partial charge in [0, 0.05) is 50.4 Å². The molecule has 0 saturated carbocycles. The highest BCUT2D eigenvalue weighted by Gasteiger charge is 2.27. The van der Waals surface area contributed by atoms with Gasteiger partial charge in [0.25, 0.3) is 5.91 Å². The third-order valence-corrected chi connectivity index (χ3v) is 5.82. The molecule has 0 aliphatic carbocycles. The largest absolute Gasteiger partial charge is 0.361 e. The minimum atomic E-state index is -0.0234. The predicted octanol–water partition coefficient (Wildman–Crippen LogP) is 1.74. The van der Waals surface area contributed by atoms with Crippen molar-refractivity contribution in [1.82, 2.24) is 24.7 Å². The Bertz CT molecular complexity index is 834. The molecule has 0 aromatic carbocycles. The SMILES string of the molecule is Cc1noc(C)c1CCC(=O)N1CCN(C(=O)c2cc3n(n2)CCCC3)CC1. The number of carbonyl (C=O) groups excluding carboxylic acids is 2. The van der Waals surface area contributed by atoms with E-state index in [0.29, 0.717) is 44.7 Å². The molecule has 4 rings (SSSR count). The number of fused-ring (bicyclic) bond motifs is 1. The third-order valence-electron chi connectivity index (χ3n) is 5.82. The second-order valence-electron chi connectivity index (χ2n) is 7.68. The first-order valence-electron chi connectivity index (χ1n) is 10.1. The summed E-state index contributed by atoms with van der Waals surface area (Å²) in [7, 11) is 0. The Morgan fingerprint density at radius 1 is 1.07 bits per heavy atom. The lowest BCUT2D eigenvalue weighted by molar-refractivity contribution is -0.132. The van der Waals surface area contributed by atoms with Gasteiger partial charge in [-0.25, -0.2) is 0 Å². The molecule has 2 aromatic heterocycles. The van der Waals surface area contributed by atoms with Crippen LogP contribution in [0.3, 0.4) is 0 Å². The van der Waals surface area contributed by atoms with E-state index < -0.39 is 0 Å². The summed E-state index contributed by atoms with van der Waals surface area (Å²) in [5.41, 5.74) is 3.56. The smallest absolute Gasteiger partial charge is 0.274 e. The standard InChI is InChI=1S/C20H27N5O3/c1-14-17(15(2)28-22-14)6-7-19(26)23-9-11-24(12-10-23)20(27)18-13-16-5-3-4-8-25(16)21-18/h13H,3-12H2,1-2H3. The van der Waals surface area contributed by atoms with Crippen molar-refractivity contribution < 1.29 is 14.1 Å². The van der Waals surface area contributed by atoms with E-state index in [0.717, 1.165) is 48.5 Å². The Hall–Kier alpha value is -2.64. The van der Waals surface area contributed by atoms with Gasteiger partial charge < -0.3 is 14.3 Å². The maximum absolute atomic E-state index is 12.8. The van der Waals surface area contributed by atoms with Crippen molar-refractivity contribution in [3.63, 3.8) is 0 Å². The lowest BCUT2D eigenvalue weighted by Gasteiger charge is -2.34. The molecule has 0 unspecified atom stereocenters. The van der Waals surface area contributed by atoms with Gasteiger partial charge in [0.15, 0.2) is 5.69 Å². The van der Waals surface area contributed by atoms with Crippen LogP contribution in [-0.2, 0) is 24.2 Å². The molecule has 28 heavy (non-hydrogen) atoms. The van der Waals surface area contributed by atoms with Gasteiger partial charge in [0.05, 0.1) is 5.69 Å². The first kappa shape index (κ1) is 18.7. The Labute approximate surface area is 164 Å². The minimum Gasteiger partial charge on any atom is -0.361 e. The van der Waals surface area contributed by atoms with E-state index in [2.05, 4.69) is 10.3 Å². The first-order valence-corrected chi connectivity index (χ1v) is 10.1. The number of hydrogen-bond acceptors (Lipinski definition) is 5. The topological polar surface area (TPSA) is 84.5 Å². The van der Waals surface area contributed by atoms with Crippen LogP contribution in [0.15, 0.2) is 10.6 Å². The molecule has 2 aliphatic heterocycles. The number of nitrogens with zero attached hydrogens (tertiary/aromatic N) is 5. The van der Waals surface area contributed by atoms with Crippen molar-refractivity contribution in [1.29, 1.82) is 0 Å². The number of amides is 2. The van der Waals surface area contributed by atoms with E-state index in [1.54, 1.807) is 0 Å². The minimum absolute atomic E-state index is 0.0234. The Morgan fingerprint density at radius 3 is 2.50 bits per heavy atom. The van der Waals surface area contributed by atoms with E-state index in [-0.39, 0.29) is 11.8 Å². The Kier molecular flexibility index (Phi) is 5.19. The van der Waals surface area contributed by atoms with Crippen LogP contribution < -0.4 is 0 Å².